The van der Waals surface area contributed by atoms with E-state index in [1.807, 2.05) is 0 Å². The Hall–Kier alpha value is -1.85. The number of ether oxygens (including phenoxy) is 3. The van der Waals surface area contributed by atoms with E-state index in [1.165, 1.54) is 186 Å². The first-order valence-electron chi connectivity index (χ1n) is 26.2. The Labute approximate surface area is 367 Å². The van der Waals surface area contributed by atoms with Crippen LogP contribution in [0.1, 0.15) is 290 Å². The van der Waals surface area contributed by atoms with E-state index < -0.39 is 6.10 Å². The molecule has 1 atom stereocenters. The fourth-order valence-corrected chi connectivity index (χ4v) is 7.78. The predicted molar refractivity (Wildman–Crippen MR) is 252 cm³/mol. The second kappa shape index (κ2) is 48.8. The molecular weight excluding hydrogens is 733 g/mol. The smallest absolute Gasteiger partial charge is 0.306 e. The highest BCUT2D eigenvalue weighted by Gasteiger charge is 2.19. The van der Waals surface area contributed by atoms with Gasteiger partial charge in [0.15, 0.2) is 6.10 Å². The molecule has 0 amide bonds. The molecule has 0 aromatic rings. The molecule has 0 fully saturated rings. The first-order valence-corrected chi connectivity index (χ1v) is 26.2. The van der Waals surface area contributed by atoms with Crippen molar-refractivity contribution in [3.05, 3.63) is 12.2 Å². The van der Waals surface area contributed by atoms with Gasteiger partial charge in [-0.25, -0.2) is 0 Å². The fourth-order valence-electron chi connectivity index (χ4n) is 7.78. The molecule has 0 rings (SSSR count). The number of hydrogen-bond acceptors (Lipinski definition) is 6. The standard InChI is InChI=1S/C53H100O6/c1-4-7-10-13-16-19-22-24-25-26-27-29-32-34-37-40-43-46-52(55)58-49-50(59-53(56)47-44-41-38-35-30-21-18-15-12-9-6-3)48-57-51(54)45-42-39-36-33-31-28-23-20-17-14-11-8-5-2/h15,18,50H,4-14,16-17,19-49H2,1-3H3/b18-15-/t50-/m0/s1. The van der Waals surface area contributed by atoms with E-state index in [9.17, 15) is 14.4 Å². The van der Waals surface area contributed by atoms with Crippen LogP contribution in [0.5, 0.6) is 0 Å². The van der Waals surface area contributed by atoms with Crippen molar-refractivity contribution in [2.24, 2.45) is 0 Å². The lowest BCUT2D eigenvalue weighted by Crippen LogP contribution is -2.30. The number of esters is 3. The Morgan fingerprint density at radius 1 is 0.322 bits per heavy atom. The van der Waals surface area contributed by atoms with Crippen LogP contribution < -0.4 is 0 Å². The molecule has 0 heterocycles. The minimum Gasteiger partial charge on any atom is -0.462 e. The Kier molecular flexibility index (Phi) is 47.3. The normalized spacial score (nSPS) is 12.0. The van der Waals surface area contributed by atoms with Crippen molar-refractivity contribution in [2.75, 3.05) is 13.2 Å². The zero-order valence-electron chi connectivity index (χ0n) is 39.8. The van der Waals surface area contributed by atoms with Gasteiger partial charge in [0.25, 0.3) is 0 Å². The van der Waals surface area contributed by atoms with Gasteiger partial charge in [-0.3, -0.25) is 14.4 Å². The second-order valence-corrected chi connectivity index (χ2v) is 17.8. The van der Waals surface area contributed by atoms with E-state index in [1.54, 1.807) is 0 Å². The molecule has 0 bridgehead atoms. The van der Waals surface area contributed by atoms with Crippen LogP contribution in [0.3, 0.4) is 0 Å². The fraction of sp³-hybridized carbons (Fsp3) is 0.906. The number of carbonyl (C=O) groups is 3. The Balaban J connectivity index is 4.28. The van der Waals surface area contributed by atoms with Gasteiger partial charge in [-0.1, -0.05) is 245 Å². The minimum absolute atomic E-state index is 0.0681. The maximum absolute atomic E-state index is 12.7. The first-order chi connectivity index (χ1) is 29.0. The van der Waals surface area contributed by atoms with E-state index >= 15 is 0 Å². The summed E-state index contributed by atoms with van der Waals surface area (Å²) in [5, 5.41) is 0. The average molecular weight is 833 g/mol. The molecule has 0 unspecified atom stereocenters. The van der Waals surface area contributed by atoms with Gasteiger partial charge < -0.3 is 14.2 Å². The molecule has 0 aromatic carbocycles. The zero-order chi connectivity index (χ0) is 43.0. The van der Waals surface area contributed by atoms with Gasteiger partial charge in [0.1, 0.15) is 13.2 Å². The van der Waals surface area contributed by atoms with Gasteiger partial charge in [0.05, 0.1) is 0 Å². The van der Waals surface area contributed by atoms with Gasteiger partial charge in [-0.15, -0.1) is 0 Å². The lowest BCUT2D eigenvalue weighted by molar-refractivity contribution is -0.167. The maximum Gasteiger partial charge on any atom is 0.306 e. The van der Waals surface area contributed by atoms with E-state index in [4.69, 9.17) is 14.2 Å². The molecule has 0 aromatic heterocycles. The highest BCUT2D eigenvalue weighted by Crippen LogP contribution is 2.16. The summed E-state index contributed by atoms with van der Waals surface area (Å²) in [6, 6.07) is 0. The van der Waals surface area contributed by atoms with Crippen molar-refractivity contribution in [2.45, 2.75) is 297 Å². The van der Waals surface area contributed by atoms with Crippen molar-refractivity contribution < 1.29 is 28.6 Å². The van der Waals surface area contributed by atoms with Gasteiger partial charge >= 0.3 is 17.9 Å². The summed E-state index contributed by atoms with van der Waals surface area (Å²) in [4.78, 5) is 37.9. The maximum atomic E-state index is 12.7. The summed E-state index contributed by atoms with van der Waals surface area (Å²) in [5.74, 6) is -0.861. The van der Waals surface area contributed by atoms with Crippen LogP contribution in [0.4, 0.5) is 0 Å². The largest absolute Gasteiger partial charge is 0.462 e. The lowest BCUT2D eigenvalue weighted by Gasteiger charge is -2.18. The van der Waals surface area contributed by atoms with Crippen LogP contribution in [0, 0.1) is 0 Å². The molecule has 0 aliphatic heterocycles. The molecule has 0 saturated heterocycles. The van der Waals surface area contributed by atoms with E-state index in [0.717, 1.165) is 64.2 Å². The molecule has 59 heavy (non-hydrogen) atoms. The molecule has 0 N–H and O–H groups in total. The van der Waals surface area contributed by atoms with E-state index in [-0.39, 0.29) is 31.1 Å². The number of rotatable bonds is 48. The number of carbonyl (C=O) groups excluding carboxylic acids is 3. The Morgan fingerprint density at radius 2 is 0.576 bits per heavy atom. The van der Waals surface area contributed by atoms with E-state index in [2.05, 4.69) is 32.9 Å². The lowest BCUT2D eigenvalue weighted by atomic mass is 10.0. The van der Waals surface area contributed by atoms with Crippen LogP contribution in [0.2, 0.25) is 0 Å². The third-order valence-corrected chi connectivity index (χ3v) is 11.8. The summed E-state index contributed by atoms with van der Waals surface area (Å²) in [6.45, 7) is 6.63. The van der Waals surface area contributed by atoms with Crippen LogP contribution in [0.25, 0.3) is 0 Å². The van der Waals surface area contributed by atoms with Crippen molar-refractivity contribution in [3.63, 3.8) is 0 Å². The zero-order valence-corrected chi connectivity index (χ0v) is 39.8. The predicted octanol–water partition coefficient (Wildman–Crippen LogP) is 17.0. The minimum atomic E-state index is -0.767. The van der Waals surface area contributed by atoms with Crippen molar-refractivity contribution in [1.82, 2.24) is 0 Å². The highest BCUT2D eigenvalue weighted by atomic mass is 16.6. The van der Waals surface area contributed by atoms with Crippen molar-refractivity contribution in [3.8, 4) is 0 Å². The summed E-state index contributed by atoms with van der Waals surface area (Å²) < 4.78 is 16.8. The quantitative estimate of drug-likeness (QED) is 0.0263. The molecule has 0 aliphatic carbocycles. The third-order valence-electron chi connectivity index (χ3n) is 11.8. The molecule has 0 aliphatic rings. The number of unbranched alkanes of at least 4 members (excludes halogenated alkanes) is 35. The molecule has 0 saturated carbocycles. The first kappa shape index (κ1) is 57.1. The highest BCUT2D eigenvalue weighted by molar-refractivity contribution is 5.71. The molecule has 6 heteroatoms. The molecule has 0 radical (unpaired) electrons. The van der Waals surface area contributed by atoms with Gasteiger partial charge in [0.2, 0.25) is 0 Å². The third kappa shape index (κ3) is 47.1. The monoisotopic (exact) mass is 833 g/mol. The van der Waals surface area contributed by atoms with Crippen LogP contribution in [0.15, 0.2) is 12.2 Å². The topological polar surface area (TPSA) is 78.9 Å². The van der Waals surface area contributed by atoms with Crippen molar-refractivity contribution in [1.29, 1.82) is 0 Å². The van der Waals surface area contributed by atoms with Crippen LogP contribution in [-0.4, -0.2) is 37.2 Å². The molecular formula is C53H100O6. The molecule has 348 valence electrons. The summed E-state index contributed by atoms with van der Waals surface area (Å²) in [5.41, 5.74) is 0. The summed E-state index contributed by atoms with van der Waals surface area (Å²) in [6.07, 6.45) is 53.4. The molecule has 6 nitrogen and oxygen atoms in total. The number of allylic oxidation sites excluding steroid dienone is 2. The van der Waals surface area contributed by atoms with Crippen LogP contribution >= 0.6 is 0 Å². The van der Waals surface area contributed by atoms with Crippen LogP contribution in [-0.2, 0) is 28.6 Å². The van der Waals surface area contributed by atoms with Gasteiger partial charge in [0, 0.05) is 19.3 Å². The molecule has 0 spiro atoms. The summed E-state index contributed by atoms with van der Waals surface area (Å²) in [7, 11) is 0. The summed E-state index contributed by atoms with van der Waals surface area (Å²) >= 11 is 0. The Bertz CT molecular complexity index is 916. The van der Waals surface area contributed by atoms with Crippen molar-refractivity contribution >= 4 is 17.9 Å². The van der Waals surface area contributed by atoms with Gasteiger partial charge in [-0.2, -0.15) is 0 Å². The number of hydrogen-bond donors (Lipinski definition) is 0. The van der Waals surface area contributed by atoms with Gasteiger partial charge in [-0.05, 0) is 38.5 Å². The second-order valence-electron chi connectivity index (χ2n) is 17.8. The SMILES string of the molecule is CCCC/C=C\CCCCCCCC(=O)O[C@@H](COC(=O)CCCCCCCCCCCCCCC)COC(=O)CCCCCCCCCCCCCCCCCCC. The van der Waals surface area contributed by atoms with E-state index in [0.29, 0.717) is 19.3 Å². The average Bonchev–Trinajstić information content (AvgIpc) is 3.23. The Morgan fingerprint density at radius 3 is 0.898 bits per heavy atom.